The van der Waals surface area contributed by atoms with Crippen LogP contribution in [0, 0.1) is 11.8 Å². The average molecular weight is 370 g/mol. The Labute approximate surface area is 157 Å². The summed E-state index contributed by atoms with van der Waals surface area (Å²) in [5.74, 6) is 0.297. The molecule has 2 atom stereocenters. The zero-order valence-corrected chi connectivity index (χ0v) is 15.1. The molecule has 1 aromatic heterocycles. The lowest BCUT2D eigenvalue weighted by Gasteiger charge is -2.34. The highest BCUT2D eigenvalue weighted by molar-refractivity contribution is 5.78. The molecule has 0 radical (unpaired) electrons. The molecule has 1 amide bonds. The number of pyridine rings is 1. The number of carboxylic acid groups (broad SMARTS) is 1. The highest BCUT2D eigenvalue weighted by Crippen LogP contribution is 2.24. The first-order chi connectivity index (χ1) is 13.0. The Morgan fingerprint density at radius 2 is 1.93 bits per heavy atom. The highest BCUT2D eigenvalue weighted by Gasteiger charge is 2.32. The minimum absolute atomic E-state index is 0.0665. The number of hydrogen-bond acceptors (Lipinski definition) is 5. The van der Waals surface area contributed by atoms with Gasteiger partial charge in [0, 0.05) is 25.4 Å². The summed E-state index contributed by atoms with van der Waals surface area (Å²) in [5, 5.41) is 9.16. The Hall–Kier alpha value is -3.09. The Balaban J connectivity index is 1.48. The fourth-order valence-electron chi connectivity index (χ4n) is 3.11. The zero-order chi connectivity index (χ0) is 19.2. The molecule has 0 aliphatic carbocycles. The minimum atomic E-state index is -0.793. The average Bonchev–Trinajstić information content (AvgIpc) is 2.67. The monoisotopic (exact) mass is 370 g/mol. The van der Waals surface area contributed by atoms with Crippen LogP contribution in [0.15, 0.2) is 48.7 Å². The van der Waals surface area contributed by atoms with E-state index in [4.69, 9.17) is 14.6 Å². The predicted molar refractivity (Wildman–Crippen MR) is 97.7 cm³/mol. The molecular formula is C20H22N2O5. The highest BCUT2D eigenvalue weighted by atomic mass is 16.5. The summed E-state index contributed by atoms with van der Waals surface area (Å²) >= 11 is 0. The summed E-state index contributed by atoms with van der Waals surface area (Å²) in [6.07, 6.45) is 2.13. The smallest absolute Gasteiger partial charge is 0.306 e. The molecule has 2 unspecified atom stereocenters. The summed E-state index contributed by atoms with van der Waals surface area (Å²) in [5.41, 5.74) is 0. The van der Waals surface area contributed by atoms with E-state index in [-0.39, 0.29) is 24.3 Å². The van der Waals surface area contributed by atoms with Gasteiger partial charge in [-0.15, -0.1) is 0 Å². The van der Waals surface area contributed by atoms with E-state index in [1.807, 2.05) is 19.1 Å². The van der Waals surface area contributed by atoms with Gasteiger partial charge in [0.25, 0.3) is 5.91 Å². The summed E-state index contributed by atoms with van der Waals surface area (Å²) in [6.45, 7) is 2.67. The SMILES string of the molecule is CC1CN(C(=O)COc2ccc(Oc3ccccn3)cc2)CCC1C(=O)O. The molecule has 1 fully saturated rings. The number of nitrogens with zero attached hydrogens (tertiary/aromatic N) is 2. The van der Waals surface area contributed by atoms with Gasteiger partial charge in [-0.3, -0.25) is 9.59 Å². The number of benzene rings is 1. The molecule has 1 aliphatic heterocycles. The zero-order valence-electron chi connectivity index (χ0n) is 15.1. The molecule has 1 saturated heterocycles. The minimum Gasteiger partial charge on any atom is -0.484 e. The standard InChI is InChI=1S/C20H22N2O5/c1-14-12-22(11-9-17(14)20(24)25)19(23)13-26-15-5-7-16(8-6-15)27-18-4-2-3-10-21-18/h2-8,10,14,17H,9,11-13H2,1H3,(H,24,25). The van der Waals surface area contributed by atoms with Crippen molar-refractivity contribution in [2.45, 2.75) is 13.3 Å². The van der Waals surface area contributed by atoms with E-state index >= 15 is 0 Å². The van der Waals surface area contributed by atoms with Gasteiger partial charge in [-0.05, 0) is 42.7 Å². The van der Waals surface area contributed by atoms with Gasteiger partial charge in [-0.2, -0.15) is 0 Å². The van der Waals surface area contributed by atoms with Crippen LogP contribution in [-0.4, -0.2) is 46.6 Å². The third kappa shape index (κ3) is 4.97. The van der Waals surface area contributed by atoms with Crippen LogP contribution in [0.3, 0.4) is 0 Å². The molecule has 1 aliphatic rings. The molecule has 27 heavy (non-hydrogen) atoms. The molecule has 0 spiro atoms. The summed E-state index contributed by atoms with van der Waals surface area (Å²) in [6, 6.07) is 12.4. The van der Waals surface area contributed by atoms with Gasteiger partial charge in [-0.1, -0.05) is 13.0 Å². The number of piperidine rings is 1. The Bertz CT molecular complexity index is 779. The molecule has 7 nitrogen and oxygen atoms in total. The Kier molecular flexibility index (Phi) is 5.90. The van der Waals surface area contributed by atoms with Gasteiger partial charge >= 0.3 is 5.97 Å². The summed E-state index contributed by atoms with van der Waals surface area (Å²) < 4.78 is 11.2. The molecular weight excluding hydrogens is 348 g/mol. The quantitative estimate of drug-likeness (QED) is 0.841. The number of aliphatic carboxylic acids is 1. The van der Waals surface area contributed by atoms with Gasteiger partial charge in [0.15, 0.2) is 6.61 Å². The van der Waals surface area contributed by atoms with Crippen LogP contribution < -0.4 is 9.47 Å². The van der Waals surface area contributed by atoms with E-state index in [9.17, 15) is 9.59 Å². The number of amides is 1. The van der Waals surface area contributed by atoms with E-state index in [0.29, 0.717) is 36.9 Å². The second-order valence-corrected chi connectivity index (χ2v) is 6.58. The maximum Gasteiger partial charge on any atom is 0.306 e. The molecule has 3 rings (SSSR count). The number of carbonyl (C=O) groups excluding carboxylic acids is 1. The van der Waals surface area contributed by atoms with Crippen molar-refractivity contribution in [3.63, 3.8) is 0 Å². The van der Waals surface area contributed by atoms with Crippen molar-refractivity contribution >= 4 is 11.9 Å². The van der Waals surface area contributed by atoms with Crippen LogP contribution in [0.25, 0.3) is 0 Å². The van der Waals surface area contributed by atoms with E-state index in [0.717, 1.165) is 0 Å². The molecule has 2 aromatic rings. The first-order valence-corrected chi connectivity index (χ1v) is 8.85. The van der Waals surface area contributed by atoms with Crippen molar-refractivity contribution in [3.8, 4) is 17.4 Å². The van der Waals surface area contributed by atoms with Crippen molar-refractivity contribution in [1.29, 1.82) is 0 Å². The number of likely N-dealkylation sites (tertiary alicyclic amines) is 1. The van der Waals surface area contributed by atoms with Crippen molar-refractivity contribution < 1.29 is 24.2 Å². The van der Waals surface area contributed by atoms with Crippen LogP contribution in [0.4, 0.5) is 0 Å². The Morgan fingerprint density at radius 1 is 1.19 bits per heavy atom. The summed E-state index contributed by atoms with van der Waals surface area (Å²) in [7, 11) is 0. The van der Waals surface area contributed by atoms with Crippen LogP contribution in [0.2, 0.25) is 0 Å². The number of aromatic nitrogens is 1. The number of ether oxygens (including phenoxy) is 2. The second kappa shape index (κ2) is 8.53. The first-order valence-electron chi connectivity index (χ1n) is 8.85. The lowest BCUT2D eigenvalue weighted by Crippen LogP contribution is -2.46. The van der Waals surface area contributed by atoms with Crippen molar-refractivity contribution in [3.05, 3.63) is 48.7 Å². The normalized spacial score (nSPS) is 19.4. The van der Waals surface area contributed by atoms with E-state index in [1.54, 1.807) is 41.4 Å². The lowest BCUT2D eigenvalue weighted by molar-refractivity contribution is -0.148. The van der Waals surface area contributed by atoms with Gasteiger partial charge in [-0.25, -0.2) is 4.98 Å². The molecule has 1 aromatic carbocycles. The van der Waals surface area contributed by atoms with Gasteiger partial charge < -0.3 is 19.5 Å². The lowest BCUT2D eigenvalue weighted by atomic mass is 9.87. The number of hydrogen-bond donors (Lipinski definition) is 1. The topological polar surface area (TPSA) is 89.0 Å². The van der Waals surface area contributed by atoms with Crippen LogP contribution in [-0.2, 0) is 9.59 Å². The fourth-order valence-corrected chi connectivity index (χ4v) is 3.11. The fraction of sp³-hybridized carbons (Fsp3) is 0.350. The van der Waals surface area contributed by atoms with E-state index < -0.39 is 5.97 Å². The number of rotatable bonds is 6. The van der Waals surface area contributed by atoms with E-state index in [1.165, 1.54) is 0 Å². The van der Waals surface area contributed by atoms with Crippen LogP contribution >= 0.6 is 0 Å². The van der Waals surface area contributed by atoms with Crippen LogP contribution in [0.5, 0.6) is 17.4 Å². The largest absolute Gasteiger partial charge is 0.484 e. The molecule has 142 valence electrons. The molecule has 0 saturated carbocycles. The summed E-state index contributed by atoms with van der Waals surface area (Å²) in [4.78, 5) is 29.2. The van der Waals surface area contributed by atoms with Crippen molar-refractivity contribution in [1.82, 2.24) is 9.88 Å². The third-order valence-corrected chi connectivity index (χ3v) is 4.62. The molecule has 1 N–H and O–H groups in total. The first kappa shape index (κ1) is 18.7. The van der Waals surface area contributed by atoms with Crippen LogP contribution in [0.1, 0.15) is 13.3 Å². The van der Waals surface area contributed by atoms with Gasteiger partial charge in [0.2, 0.25) is 5.88 Å². The van der Waals surface area contributed by atoms with Gasteiger partial charge in [0.05, 0.1) is 5.92 Å². The molecule has 0 bridgehead atoms. The maximum atomic E-state index is 12.3. The molecule has 2 heterocycles. The Morgan fingerprint density at radius 3 is 2.56 bits per heavy atom. The van der Waals surface area contributed by atoms with Gasteiger partial charge in [0.1, 0.15) is 11.5 Å². The van der Waals surface area contributed by atoms with E-state index in [2.05, 4.69) is 4.98 Å². The second-order valence-electron chi connectivity index (χ2n) is 6.58. The van der Waals surface area contributed by atoms with Crippen molar-refractivity contribution in [2.75, 3.05) is 19.7 Å². The van der Waals surface area contributed by atoms with Crippen molar-refractivity contribution in [2.24, 2.45) is 11.8 Å². The third-order valence-electron chi connectivity index (χ3n) is 4.62. The molecule has 7 heteroatoms. The predicted octanol–water partition coefficient (Wildman–Crippen LogP) is 2.82. The number of carboxylic acids is 1. The number of carbonyl (C=O) groups is 2. The maximum absolute atomic E-state index is 12.3.